The van der Waals surface area contributed by atoms with Crippen molar-refractivity contribution >= 4 is 44.6 Å². The van der Waals surface area contributed by atoms with Crippen molar-refractivity contribution in [2.75, 3.05) is 11.3 Å². The van der Waals surface area contributed by atoms with Crippen LogP contribution in [0, 0.1) is 0 Å². The summed E-state index contributed by atoms with van der Waals surface area (Å²) < 4.78 is 66.1. The van der Waals surface area contributed by atoms with E-state index in [1.54, 1.807) is 30.3 Å². The number of hydrogen-bond donors (Lipinski definition) is 1. The van der Waals surface area contributed by atoms with E-state index < -0.39 is 31.7 Å². The van der Waals surface area contributed by atoms with Crippen LogP contribution < -0.4 is 4.72 Å². The van der Waals surface area contributed by atoms with Gasteiger partial charge < -0.3 is 0 Å². The van der Waals surface area contributed by atoms with E-state index in [-0.39, 0.29) is 5.69 Å². The summed E-state index contributed by atoms with van der Waals surface area (Å²) in [6.45, 7) is 0.615. The SMILES string of the molecule is O=S(=O)(Nc1ccc(C2=NCCc3cc(Cl)ccc32)cc1)c1ccc(C(F)(F)F)cc1Cl. The molecule has 0 amide bonds. The maximum atomic E-state index is 12.8. The first-order chi connectivity index (χ1) is 15.0. The summed E-state index contributed by atoms with van der Waals surface area (Å²) in [6.07, 6.45) is -3.84. The third kappa shape index (κ3) is 4.62. The molecule has 0 bridgehead atoms. The van der Waals surface area contributed by atoms with E-state index in [1.807, 2.05) is 12.1 Å². The Labute approximate surface area is 192 Å². The summed E-state index contributed by atoms with van der Waals surface area (Å²) in [5.41, 5.74) is 2.83. The molecule has 166 valence electrons. The minimum Gasteiger partial charge on any atom is -0.284 e. The summed E-state index contributed by atoms with van der Waals surface area (Å²) >= 11 is 11.9. The zero-order valence-corrected chi connectivity index (χ0v) is 18.6. The lowest BCUT2D eigenvalue weighted by Crippen LogP contribution is -2.16. The fraction of sp³-hybridized carbons (Fsp3) is 0.136. The lowest BCUT2D eigenvalue weighted by atomic mass is 9.93. The average molecular weight is 499 g/mol. The number of fused-ring (bicyclic) bond motifs is 1. The number of nitrogens with one attached hydrogen (secondary N) is 1. The van der Waals surface area contributed by atoms with Gasteiger partial charge in [-0.1, -0.05) is 41.4 Å². The molecule has 1 aliphatic heterocycles. The standard InChI is InChI=1S/C22H15Cl2F3N2O2S/c23-16-4-7-18-14(11-16)9-10-28-21(18)13-1-5-17(6-2-13)29-32(30,31)20-8-3-15(12-19(20)24)22(25,26)27/h1-8,11-12,29H,9-10H2. The van der Waals surface area contributed by atoms with Crippen LogP contribution in [0.15, 0.2) is 70.6 Å². The molecule has 0 atom stereocenters. The fourth-order valence-electron chi connectivity index (χ4n) is 3.42. The Balaban J connectivity index is 1.58. The number of rotatable bonds is 4. The third-order valence-corrected chi connectivity index (χ3v) is 7.03. The van der Waals surface area contributed by atoms with Crippen LogP contribution in [0.5, 0.6) is 0 Å². The number of benzene rings is 3. The highest BCUT2D eigenvalue weighted by Crippen LogP contribution is 2.34. The number of hydrogen-bond acceptors (Lipinski definition) is 3. The summed E-state index contributed by atoms with van der Waals surface area (Å²) in [5.74, 6) is 0. The minimum atomic E-state index is -4.62. The van der Waals surface area contributed by atoms with E-state index in [1.165, 1.54) is 0 Å². The van der Waals surface area contributed by atoms with Gasteiger partial charge in [-0.15, -0.1) is 0 Å². The third-order valence-electron chi connectivity index (χ3n) is 4.93. The second-order valence-electron chi connectivity index (χ2n) is 7.11. The van der Waals surface area contributed by atoms with Crippen molar-refractivity contribution in [3.8, 4) is 0 Å². The molecule has 0 fully saturated rings. The lowest BCUT2D eigenvalue weighted by molar-refractivity contribution is -0.137. The Kier molecular flexibility index (Phi) is 5.96. The molecule has 0 aliphatic carbocycles. The summed E-state index contributed by atoms with van der Waals surface area (Å²) in [7, 11) is -4.19. The van der Waals surface area contributed by atoms with Crippen LogP contribution in [0.25, 0.3) is 0 Å². The largest absolute Gasteiger partial charge is 0.416 e. The van der Waals surface area contributed by atoms with Crippen LogP contribution in [-0.4, -0.2) is 20.7 Å². The molecule has 3 aromatic carbocycles. The second-order valence-corrected chi connectivity index (χ2v) is 9.60. The van der Waals surface area contributed by atoms with Crippen molar-refractivity contribution in [2.45, 2.75) is 17.5 Å². The summed E-state index contributed by atoms with van der Waals surface area (Å²) in [6, 6.07) is 14.2. The van der Waals surface area contributed by atoms with Gasteiger partial charge in [0.25, 0.3) is 10.0 Å². The molecule has 0 saturated heterocycles. The van der Waals surface area contributed by atoms with Crippen LogP contribution in [0.3, 0.4) is 0 Å². The molecule has 1 aliphatic rings. The van der Waals surface area contributed by atoms with Gasteiger partial charge in [0.05, 0.1) is 16.3 Å². The molecule has 4 nitrogen and oxygen atoms in total. The van der Waals surface area contributed by atoms with Gasteiger partial charge in [0.15, 0.2) is 0 Å². The first kappa shape index (κ1) is 22.6. The predicted octanol–water partition coefficient (Wildman–Crippen LogP) is 6.21. The number of sulfonamides is 1. The van der Waals surface area contributed by atoms with Gasteiger partial charge in [0, 0.05) is 28.4 Å². The molecular formula is C22H15Cl2F3N2O2S. The maximum Gasteiger partial charge on any atom is 0.416 e. The van der Waals surface area contributed by atoms with Gasteiger partial charge in [0.2, 0.25) is 0 Å². The Hall–Kier alpha value is -2.55. The molecular weight excluding hydrogens is 484 g/mol. The highest BCUT2D eigenvalue weighted by molar-refractivity contribution is 7.92. The smallest absolute Gasteiger partial charge is 0.284 e. The average Bonchev–Trinajstić information content (AvgIpc) is 2.72. The van der Waals surface area contributed by atoms with E-state index in [9.17, 15) is 21.6 Å². The van der Waals surface area contributed by atoms with Crippen LogP contribution >= 0.6 is 23.2 Å². The number of halogens is 5. The van der Waals surface area contributed by atoms with Gasteiger partial charge in [-0.25, -0.2) is 8.42 Å². The molecule has 0 aromatic heterocycles. The maximum absolute atomic E-state index is 12.8. The zero-order chi connectivity index (χ0) is 23.1. The number of anilines is 1. The molecule has 1 N–H and O–H groups in total. The summed E-state index contributed by atoms with van der Waals surface area (Å²) in [5, 5.41) is 0.132. The minimum absolute atomic E-state index is 0.234. The Morgan fingerprint density at radius 2 is 1.66 bits per heavy atom. The quantitative estimate of drug-likeness (QED) is 0.465. The molecule has 10 heteroatoms. The Morgan fingerprint density at radius 3 is 2.31 bits per heavy atom. The van der Waals surface area contributed by atoms with Gasteiger partial charge in [-0.2, -0.15) is 13.2 Å². The van der Waals surface area contributed by atoms with Crippen LogP contribution in [0.4, 0.5) is 18.9 Å². The predicted molar refractivity (Wildman–Crippen MR) is 119 cm³/mol. The first-order valence-electron chi connectivity index (χ1n) is 9.38. The fourth-order valence-corrected chi connectivity index (χ4v) is 5.22. The van der Waals surface area contributed by atoms with E-state index in [4.69, 9.17) is 23.2 Å². The monoisotopic (exact) mass is 498 g/mol. The molecule has 0 radical (unpaired) electrons. The highest BCUT2D eigenvalue weighted by Gasteiger charge is 2.32. The van der Waals surface area contributed by atoms with Crippen molar-refractivity contribution in [2.24, 2.45) is 4.99 Å². The number of alkyl halides is 3. The number of nitrogens with zero attached hydrogens (tertiary/aromatic N) is 1. The molecule has 0 unspecified atom stereocenters. The molecule has 3 aromatic rings. The van der Waals surface area contributed by atoms with Gasteiger partial charge >= 0.3 is 6.18 Å². The van der Waals surface area contributed by atoms with Crippen LogP contribution in [0.1, 0.15) is 22.3 Å². The summed E-state index contributed by atoms with van der Waals surface area (Å²) in [4.78, 5) is 4.14. The van der Waals surface area contributed by atoms with E-state index in [2.05, 4.69) is 9.71 Å². The van der Waals surface area contributed by atoms with Crippen LogP contribution in [-0.2, 0) is 22.6 Å². The normalized spacial score (nSPS) is 14.0. The second kappa shape index (κ2) is 8.42. The lowest BCUT2D eigenvalue weighted by Gasteiger charge is -2.18. The Morgan fingerprint density at radius 1 is 0.938 bits per heavy atom. The van der Waals surface area contributed by atoms with Gasteiger partial charge in [0.1, 0.15) is 4.90 Å². The van der Waals surface area contributed by atoms with Crippen molar-refractivity contribution in [1.29, 1.82) is 0 Å². The molecule has 4 rings (SSSR count). The first-order valence-corrected chi connectivity index (χ1v) is 11.6. The molecule has 0 saturated carbocycles. The van der Waals surface area contributed by atoms with Crippen molar-refractivity contribution in [3.63, 3.8) is 0 Å². The zero-order valence-electron chi connectivity index (χ0n) is 16.2. The van der Waals surface area contributed by atoms with E-state index >= 15 is 0 Å². The van der Waals surface area contributed by atoms with E-state index in [0.717, 1.165) is 34.9 Å². The molecule has 1 heterocycles. The van der Waals surface area contributed by atoms with Crippen molar-refractivity contribution in [1.82, 2.24) is 0 Å². The van der Waals surface area contributed by atoms with Crippen LogP contribution in [0.2, 0.25) is 10.0 Å². The topological polar surface area (TPSA) is 58.5 Å². The number of aliphatic imine (C=N–C) groups is 1. The van der Waals surface area contributed by atoms with E-state index in [0.29, 0.717) is 23.7 Å². The van der Waals surface area contributed by atoms with Crippen molar-refractivity contribution < 1.29 is 21.6 Å². The highest BCUT2D eigenvalue weighted by atomic mass is 35.5. The molecule has 0 spiro atoms. The van der Waals surface area contributed by atoms with Crippen molar-refractivity contribution in [3.05, 3.63) is 93.0 Å². The molecule has 32 heavy (non-hydrogen) atoms. The Bertz CT molecular complexity index is 1320. The van der Waals surface area contributed by atoms with Gasteiger partial charge in [-0.05, 0) is 54.4 Å². The van der Waals surface area contributed by atoms with Gasteiger partial charge in [-0.3, -0.25) is 9.71 Å².